The van der Waals surface area contributed by atoms with Gasteiger partial charge in [-0.25, -0.2) is 4.79 Å². The van der Waals surface area contributed by atoms with E-state index in [0.717, 1.165) is 28.0 Å². The summed E-state index contributed by atoms with van der Waals surface area (Å²) in [7, 11) is 0. The fraction of sp³-hybridized carbons (Fsp3) is 0.250. The van der Waals surface area contributed by atoms with Crippen LogP contribution in [0.3, 0.4) is 0 Å². The molecule has 1 aliphatic heterocycles. The van der Waals surface area contributed by atoms with Crippen LogP contribution in [0.1, 0.15) is 23.1 Å². The smallest absolute Gasteiger partial charge is 0.325 e. The van der Waals surface area contributed by atoms with Gasteiger partial charge in [-0.2, -0.15) is 0 Å². The molecule has 6 nitrogen and oxygen atoms in total. The van der Waals surface area contributed by atoms with Crippen molar-refractivity contribution in [1.29, 1.82) is 0 Å². The monoisotopic (exact) mass is 383 g/mol. The Bertz CT molecular complexity index is 928. The molecule has 2 aliphatic rings. The Morgan fingerprint density at radius 2 is 1.89 bits per heavy atom. The first-order valence-corrected chi connectivity index (χ1v) is 9.11. The molecule has 7 heteroatoms. The third kappa shape index (κ3) is 3.06. The average Bonchev–Trinajstić information content (AvgIpc) is 3.15. The van der Waals surface area contributed by atoms with Crippen LogP contribution in [0.2, 0.25) is 5.02 Å². The van der Waals surface area contributed by atoms with E-state index >= 15 is 0 Å². The summed E-state index contributed by atoms with van der Waals surface area (Å²) in [6, 6.07) is 14.2. The molecule has 1 atom stereocenters. The molecule has 4 amide bonds. The van der Waals surface area contributed by atoms with Crippen molar-refractivity contribution in [2.24, 2.45) is 0 Å². The van der Waals surface area contributed by atoms with Crippen LogP contribution in [0.25, 0.3) is 0 Å². The predicted molar refractivity (Wildman–Crippen MR) is 100.0 cm³/mol. The number of benzene rings is 2. The zero-order chi connectivity index (χ0) is 19.0. The highest BCUT2D eigenvalue weighted by Crippen LogP contribution is 2.41. The average molecular weight is 384 g/mol. The predicted octanol–water partition coefficient (Wildman–Crippen LogP) is 2.35. The van der Waals surface area contributed by atoms with Crippen molar-refractivity contribution in [2.45, 2.75) is 24.9 Å². The Hall–Kier alpha value is -2.86. The first kappa shape index (κ1) is 17.5. The number of carbonyl (C=O) groups excluding carboxylic acids is 3. The van der Waals surface area contributed by atoms with Crippen molar-refractivity contribution in [2.75, 3.05) is 6.54 Å². The van der Waals surface area contributed by atoms with Crippen LogP contribution < -0.4 is 10.6 Å². The molecule has 0 radical (unpaired) electrons. The summed E-state index contributed by atoms with van der Waals surface area (Å²) in [5, 5.41) is 6.16. The standard InChI is InChI=1S/C20H18ClN3O3/c21-15-7-5-13(6-8-15)11-22-17(25)12-24-18(26)20(23-19(24)27)10-9-14-3-1-2-4-16(14)20/h1-8H,9-12H2,(H,22,25)(H,23,27)/t20-/m0/s1. The van der Waals surface area contributed by atoms with Crippen molar-refractivity contribution in [1.82, 2.24) is 15.5 Å². The van der Waals surface area contributed by atoms with Crippen molar-refractivity contribution in [3.8, 4) is 0 Å². The number of nitrogens with one attached hydrogen (secondary N) is 2. The minimum atomic E-state index is -1.04. The molecule has 1 heterocycles. The summed E-state index contributed by atoms with van der Waals surface area (Å²) in [5.74, 6) is -0.754. The first-order valence-electron chi connectivity index (χ1n) is 8.73. The molecule has 1 fully saturated rings. The molecule has 1 spiro atoms. The molecule has 1 aliphatic carbocycles. The van der Waals surface area contributed by atoms with E-state index in [0.29, 0.717) is 18.0 Å². The van der Waals surface area contributed by atoms with E-state index in [9.17, 15) is 14.4 Å². The Labute approximate surface area is 161 Å². The number of urea groups is 1. The highest BCUT2D eigenvalue weighted by molar-refractivity contribution is 6.30. The van der Waals surface area contributed by atoms with Gasteiger partial charge in [0.2, 0.25) is 5.91 Å². The maximum atomic E-state index is 13.0. The number of rotatable bonds is 4. The molecule has 138 valence electrons. The van der Waals surface area contributed by atoms with Crippen molar-refractivity contribution < 1.29 is 14.4 Å². The van der Waals surface area contributed by atoms with E-state index in [1.165, 1.54) is 0 Å². The number of imide groups is 1. The van der Waals surface area contributed by atoms with E-state index in [4.69, 9.17) is 11.6 Å². The summed E-state index contributed by atoms with van der Waals surface area (Å²) < 4.78 is 0. The lowest BCUT2D eigenvalue weighted by Gasteiger charge is -2.22. The molecule has 2 aromatic rings. The van der Waals surface area contributed by atoms with Crippen LogP contribution in [-0.2, 0) is 28.1 Å². The number of aryl methyl sites for hydroxylation is 1. The molecule has 0 aromatic heterocycles. The van der Waals surface area contributed by atoms with Gasteiger partial charge < -0.3 is 10.6 Å². The fourth-order valence-electron chi connectivity index (χ4n) is 3.74. The van der Waals surface area contributed by atoms with Gasteiger partial charge in [0.05, 0.1) is 0 Å². The molecule has 0 bridgehead atoms. The van der Waals surface area contributed by atoms with Crippen LogP contribution in [0, 0.1) is 0 Å². The zero-order valence-corrected chi connectivity index (χ0v) is 15.3. The molecule has 1 saturated heterocycles. The normalized spacial score (nSPS) is 20.7. The first-order chi connectivity index (χ1) is 13.0. The summed E-state index contributed by atoms with van der Waals surface area (Å²) >= 11 is 5.84. The number of fused-ring (bicyclic) bond motifs is 2. The summed E-state index contributed by atoms with van der Waals surface area (Å²) in [6.07, 6.45) is 1.23. The second-order valence-electron chi connectivity index (χ2n) is 6.79. The topological polar surface area (TPSA) is 78.5 Å². The molecule has 2 aromatic carbocycles. The highest BCUT2D eigenvalue weighted by Gasteiger charge is 2.55. The van der Waals surface area contributed by atoms with E-state index in [-0.39, 0.29) is 12.5 Å². The SMILES string of the molecule is O=C(CN1C(=O)N[C@]2(CCc3ccccc32)C1=O)NCc1ccc(Cl)cc1. The summed E-state index contributed by atoms with van der Waals surface area (Å²) in [5.41, 5.74) is 1.73. The minimum absolute atomic E-state index is 0.299. The van der Waals surface area contributed by atoms with E-state index in [1.54, 1.807) is 24.3 Å². The van der Waals surface area contributed by atoms with Gasteiger partial charge in [-0.3, -0.25) is 14.5 Å². The third-order valence-electron chi connectivity index (χ3n) is 5.13. The lowest BCUT2D eigenvalue weighted by Crippen LogP contribution is -2.43. The molecule has 0 unspecified atom stereocenters. The van der Waals surface area contributed by atoms with Crippen molar-refractivity contribution in [3.63, 3.8) is 0 Å². The van der Waals surface area contributed by atoms with Crippen LogP contribution >= 0.6 is 11.6 Å². The number of hydrogen-bond donors (Lipinski definition) is 2. The Balaban J connectivity index is 1.44. The molecule has 4 rings (SSSR count). The van der Waals surface area contributed by atoms with Gasteiger partial charge in [0.25, 0.3) is 5.91 Å². The molecule has 27 heavy (non-hydrogen) atoms. The quantitative estimate of drug-likeness (QED) is 0.795. The molecular weight excluding hydrogens is 366 g/mol. The minimum Gasteiger partial charge on any atom is -0.350 e. The van der Waals surface area contributed by atoms with Gasteiger partial charge in [0.15, 0.2) is 0 Å². The van der Waals surface area contributed by atoms with Gasteiger partial charge in [-0.1, -0.05) is 48.0 Å². The van der Waals surface area contributed by atoms with Crippen LogP contribution in [0.15, 0.2) is 48.5 Å². The van der Waals surface area contributed by atoms with Crippen molar-refractivity contribution >= 4 is 29.4 Å². The second kappa shape index (κ2) is 6.70. The number of hydrogen-bond acceptors (Lipinski definition) is 3. The third-order valence-corrected chi connectivity index (χ3v) is 5.38. The van der Waals surface area contributed by atoms with Crippen LogP contribution in [0.4, 0.5) is 4.79 Å². The molecular formula is C20H18ClN3O3. The highest BCUT2D eigenvalue weighted by atomic mass is 35.5. The van der Waals surface area contributed by atoms with E-state index < -0.39 is 17.5 Å². The number of halogens is 1. The van der Waals surface area contributed by atoms with Crippen molar-refractivity contribution in [3.05, 3.63) is 70.2 Å². The Morgan fingerprint density at radius 3 is 2.67 bits per heavy atom. The van der Waals surface area contributed by atoms with Gasteiger partial charge in [0, 0.05) is 11.6 Å². The number of amides is 4. The Morgan fingerprint density at radius 1 is 1.15 bits per heavy atom. The second-order valence-corrected chi connectivity index (χ2v) is 7.22. The van der Waals surface area contributed by atoms with Gasteiger partial charge >= 0.3 is 6.03 Å². The van der Waals surface area contributed by atoms with Gasteiger partial charge in [0.1, 0.15) is 12.1 Å². The van der Waals surface area contributed by atoms with Crippen LogP contribution in [-0.4, -0.2) is 29.3 Å². The number of nitrogens with zero attached hydrogens (tertiary/aromatic N) is 1. The van der Waals surface area contributed by atoms with Gasteiger partial charge in [-0.05, 0) is 41.7 Å². The van der Waals surface area contributed by atoms with E-state index in [2.05, 4.69) is 10.6 Å². The van der Waals surface area contributed by atoms with Gasteiger partial charge in [-0.15, -0.1) is 0 Å². The maximum absolute atomic E-state index is 13.0. The lowest BCUT2D eigenvalue weighted by atomic mass is 9.92. The summed E-state index contributed by atoms with van der Waals surface area (Å²) in [4.78, 5) is 38.7. The summed E-state index contributed by atoms with van der Waals surface area (Å²) in [6.45, 7) is -0.00417. The zero-order valence-electron chi connectivity index (χ0n) is 14.5. The Kier molecular flexibility index (Phi) is 4.36. The van der Waals surface area contributed by atoms with Crippen LogP contribution in [0.5, 0.6) is 0 Å². The largest absolute Gasteiger partial charge is 0.350 e. The molecule has 0 saturated carbocycles. The maximum Gasteiger partial charge on any atom is 0.325 e. The fourth-order valence-corrected chi connectivity index (χ4v) is 3.86. The molecule has 2 N–H and O–H groups in total. The number of carbonyl (C=O) groups is 3. The lowest BCUT2D eigenvalue weighted by molar-refractivity contribution is -0.135. The van der Waals surface area contributed by atoms with E-state index in [1.807, 2.05) is 24.3 Å².